The van der Waals surface area contributed by atoms with Crippen LogP contribution in [0.2, 0.25) is 0 Å². The Hall–Kier alpha value is -0.870. The van der Waals surface area contributed by atoms with Crippen LogP contribution in [0, 0.1) is 0 Å². The van der Waals surface area contributed by atoms with E-state index in [0.29, 0.717) is 0 Å². The minimum Gasteiger partial charge on any atom is -0.312 e. The Kier molecular flexibility index (Phi) is 5.27. The average molecular weight is 311 g/mol. The van der Waals surface area contributed by atoms with Gasteiger partial charge in [0, 0.05) is 6.26 Å². The number of hydrogen-bond donors (Lipinski definition) is 1. The molecule has 0 radical (unpaired) electrons. The van der Waals surface area contributed by atoms with Gasteiger partial charge >= 0.3 is 0 Å². The Bertz CT molecular complexity index is 571. The molecule has 1 aromatic carbocycles. The summed E-state index contributed by atoms with van der Waals surface area (Å²) in [7, 11) is -1.36. The summed E-state index contributed by atoms with van der Waals surface area (Å²) in [6.07, 6.45) is 2.36. The molecular weight excluding hydrogens is 282 g/mol. The summed E-state index contributed by atoms with van der Waals surface area (Å²) in [4.78, 5) is 0. The van der Waals surface area contributed by atoms with Crippen molar-refractivity contribution in [2.75, 3.05) is 13.3 Å². The van der Waals surface area contributed by atoms with E-state index in [0.717, 1.165) is 12.0 Å². The minimum absolute atomic E-state index is 0.139. The standard InChI is InChI=1S/C17H29NO2S/c1-8-16(2,3)14-11-9-13(10-12-14)15(18-6)17(4,5)21(7,19)20/h9-12,15,18H,8H2,1-7H3. The maximum Gasteiger partial charge on any atom is 0.154 e. The Morgan fingerprint density at radius 1 is 1.10 bits per heavy atom. The van der Waals surface area contributed by atoms with Crippen molar-refractivity contribution in [2.45, 2.75) is 57.2 Å². The predicted molar refractivity (Wildman–Crippen MR) is 90.5 cm³/mol. The lowest BCUT2D eigenvalue weighted by Gasteiger charge is -2.33. The van der Waals surface area contributed by atoms with Crippen molar-refractivity contribution >= 4 is 9.84 Å². The van der Waals surface area contributed by atoms with Crippen LogP contribution in [-0.4, -0.2) is 26.5 Å². The van der Waals surface area contributed by atoms with Gasteiger partial charge in [0.05, 0.1) is 10.8 Å². The van der Waals surface area contributed by atoms with Crippen molar-refractivity contribution in [3.05, 3.63) is 35.4 Å². The van der Waals surface area contributed by atoms with Crippen LogP contribution < -0.4 is 5.32 Å². The number of nitrogens with one attached hydrogen (secondary N) is 1. The van der Waals surface area contributed by atoms with E-state index in [2.05, 4.69) is 38.2 Å². The van der Waals surface area contributed by atoms with Crippen molar-refractivity contribution < 1.29 is 8.42 Å². The van der Waals surface area contributed by atoms with Crippen LogP contribution in [-0.2, 0) is 15.3 Å². The maximum atomic E-state index is 12.1. The molecule has 120 valence electrons. The number of sulfone groups is 1. The zero-order valence-corrected chi connectivity index (χ0v) is 15.1. The first-order valence-electron chi connectivity index (χ1n) is 7.44. The molecule has 3 nitrogen and oxygen atoms in total. The largest absolute Gasteiger partial charge is 0.312 e. The second-order valence-electron chi connectivity index (χ2n) is 6.96. The third kappa shape index (κ3) is 3.67. The van der Waals surface area contributed by atoms with Gasteiger partial charge in [-0.3, -0.25) is 0 Å². The van der Waals surface area contributed by atoms with E-state index < -0.39 is 14.6 Å². The minimum atomic E-state index is -3.17. The summed E-state index contributed by atoms with van der Waals surface area (Å²) in [6.45, 7) is 10.2. The van der Waals surface area contributed by atoms with E-state index in [4.69, 9.17) is 0 Å². The van der Waals surface area contributed by atoms with Gasteiger partial charge in [-0.05, 0) is 43.9 Å². The van der Waals surface area contributed by atoms with Crippen LogP contribution in [0.25, 0.3) is 0 Å². The van der Waals surface area contributed by atoms with Crippen LogP contribution in [0.3, 0.4) is 0 Å². The molecule has 0 saturated carbocycles. The van der Waals surface area contributed by atoms with Gasteiger partial charge < -0.3 is 5.32 Å². The molecule has 0 aliphatic carbocycles. The summed E-state index contributed by atoms with van der Waals surface area (Å²) in [5, 5.41) is 3.16. The first-order valence-corrected chi connectivity index (χ1v) is 9.34. The molecule has 1 atom stereocenters. The summed E-state index contributed by atoms with van der Waals surface area (Å²) < 4.78 is 23.3. The molecule has 4 heteroatoms. The fourth-order valence-corrected chi connectivity index (χ4v) is 3.14. The lowest BCUT2D eigenvalue weighted by molar-refractivity contribution is 0.445. The molecule has 0 bridgehead atoms. The van der Waals surface area contributed by atoms with Crippen LogP contribution in [0.5, 0.6) is 0 Å². The molecule has 21 heavy (non-hydrogen) atoms. The highest BCUT2D eigenvalue weighted by atomic mass is 32.2. The van der Waals surface area contributed by atoms with Crippen LogP contribution in [0.15, 0.2) is 24.3 Å². The van der Waals surface area contributed by atoms with Gasteiger partial charge in [-0.15, -0.1) is 0 Å². The molecule has 1 unspecified atom stereocenters. The van der Waals surface area contributed by atoms with E-state index >= 15 is 0 Å². The maximum absolute atomic E-state index is 12.1. The van der Waals surface area contributed by atoms with Gasteiger partial charge in [-0.2, -0.15) is 0 Å². The van der Waals surface area contributed by atoms with Crippen LogP contribution in [0.4, 0.5) is 0 Å². The number of rotatable bonds is 6. The Labute approximate surface area is 130 Å². The molecule has 0 heterocycles. The molecule has 0 aliphatic heterocycles. The second-order valence-corrected chi connectivity index (χ2v) is 9.55. The highest BCUT2D eigenvalue weighted by Gasteiger charge is 2.39. The summed E-state index contributed by atoms with van der Waals surface area (Å²) in [6, 6.07) is 8.08. The molecule has 0 spiro atoms. The average Bonchev–Trinajstić information content (AvgIpc) is 2.38. The lowest BCUT2D eigenvalue weighted by atomic mass is 9.81. The SMILES string of the molecule is CCC(C)(C)c1ccc(C(NC)C(C)(C)S(C)(=O)=O)cc1. The van der Waals surface area contributed by atoms with E-state index in [-0.39, 0.29) is 11.5 Å². The first kappa shape index (κ1) is 18.2. The van der Waals surface area contributed by atoms with E-state index in [1.165, 1.54) is 11.8 Å². The van der Waals surface area contributed by atoms with E-state index in [1.807, 2.05) is 19.2 Å². The fraction of sp³-hybridized carbons (Fsp3) is 0.647. The molecule has 1 rings (SSSR count). The quantitative estimate of drug-likeness (QED) is 0.875. The second kappa shape index (κ2) is 6.09. The van der Waals surface area contributed by atoms with Gasteiger partial charge in [0.1, 0.15) is 0 Å². The molecule has 0 aromatic heterocycles. The Balaban J connectivity index is 3.21. The summed E-state index contributed by atoms with van der Waals surface area (Å²) in [5.41, 5.74) is 2.42. The molecular formula is C17H29NO2S. The van der Waals surface area contributed by atoms with Crippen molar-refractivity contribution in [3.63, 3.8) is 0 Å². The van der Waals surface area contributed by atoms with Gasteiger partial charge in [-0.25, -0.2) is 8.42 Å². The predicted octanol–water partition coefficient (Wildman–Crippen LogP) is 3.46. The fourth-order valence-electron chi connectivity index (χ4n) is 2.46. The molecule has 1 N–H and O–H groups in total. The van der Waals surface area contributed by atoms with Crippen molar-refractivity contribution in [3.8, 4) is 0 Å². The zero-order valence-electron chi connectivity index (χ0n) is 14.3. The third-order valence-electron chi connectivity index (χ3n) is 4.85. The number of benzene rings is 1. The Morgan fingerprint density at radius 3 is 1.90 bits per heavy atom. The van der Waals surface area contributed by atoms with Gasteiger partial charge in [0.25, 0.3) is 0 Å². The highest BCUT2D eigenvalue weighted by molar-refractivity contribution is 7.92. The topological polar surface area (TPSA) is 46.2 Å². The smallest absolute Gasteiger partial charge is 0.154 e. The van der Waals surface area contributed by atoms with Crippen molar-refractivity contribution in [2.24, 2.45) is 0 Å². The zero-order chi connectivity index (χ0) is 16.5. The Morgan fingerprint density at radius 2 is 1.57 bits per heavy atom. The van der Waals surface area contributed by atoms with E-state index in [9.17, 15) is 8.42 Å². The molecule has 0 amide bonds. The molecule has 0 aliphatic rings. The normalized spacial score (nSPS) is 15.0. The summed E-state index contributed by atoms with van der Waals surface area (Å²) >= 11 is 0. The first-order chi connectivity index (χ1) is 9.47. The van der Waals surface area contributed by atoms with Crippen molar-refractivity contribution in [1.82, 2.24) is 5.32 Å². The van der Waals surface area contributed by atoms with Crippen LogP contribution >= 0.6 is 0 Å². The molecule has 0 saturated heterocycles. The third-order valence-corrected chi connectivity index (χ3v) is 7.00. The molecule has 1 aromatic rings. The van der Waals surface area contributed by atoms with E-state index in [1.54, 1.807) is 13.8 Å². The van der Waals surface area contributed by atoms with Gasteiger partial charge in [-0.1, -0.05) is 45.0 Å². The van der Waals surface area contributed by atoms with Crippen LogP contribution in [0.1, 0.15) is 58.2 Å². The number of hydrogen-bond acceptors (Lipinski definition) is 3. The lowest BCUT2D eigenvalue weighted by Crippen LogP contribution is -2.43. The van der Waals surface area contributed by atoms with Gasteiger partial charge in [0.2, 0.25) is 0 Å². The highest BCUT2D eigenvalue weighted by Crippen LogP contribution is 2.33. The van der Waals surface area contributed by atoms with Gasteiger partial charge in [0.15, 0.2) is 9.84 Å². The molecule has 0 fully saturated rings. The summed E-state index contributed by atoms with van der Waals surface area (Å²) in [5.74, 6) is 0. The monoisotopic (exact) mass is 311 g/mol. The van der Waals surface area contributed by atoms with Crippen molar-refractivity contribution in [1.29, 1.82) is 0 Å².